The van der Waals surface area contributed by atoms with Crippen molar-refractivity contribution in [3.63, 3.8) is 0 Å². The van der Waals surface area contributed by atoms with Crippen LogP contribution in [0.15, 0.2) is 40.8 Å². The third-order valence-electron chi connectivity index (χ3n) is 2.75. The van der Waals surface area contributed by atoms with Crippen molar-refractivity contribution in [2.24, 2.45) is 0 Å². The number of furan rings is 1. The van der Waals surface area contributed by atoms with Crippen LogP contribution in [0.5, 0.6) is 5.75 Å². The zero-order chi connectivity index (χ0) is 14.5. The average molecular weight is 294 g/mol. The lowest BCUT2D eigenvalue weighted by Gasteiger charge is -2.12. The number of rotatable bonds is 5. The molecule has 1 unspecified atom stereocenters. The Labute approximate surface area is 122 Å². The van der Waals surface area contributed by atoms with E-state index in [2.05, 4.69) is 5.32 Å². The van der Waals surface area contributed by atoms with Crippen LogP contribution in [-0.4, -0.2) is 12.5 Å². The Kier molecular flexibility index (Phi) is 4.69. The molecule has 1 aromatic heterocycles. The maximum Gasteiger partial charge on any atom is 0.258 e. The molecular weight excluding hydrogens is 278 g/mol. The fraction of sp³-hybridized carbons (Fsp3) is 0.267. The van der Waals surface area contributed by atoms with Gasteiger partial charge in [-0.1, -0.05) is 11.6 Å². The second-order valence-electron chi connectivity index (χ2n) is 4.48. The van der Waals surface area contributed by atoms with Crippen LogP contribution in [0.4, 0.5) is 0 Å². The molecule has 1 atom stereocenters. The summed E-state index contributed by atoms with van der Waals surface area (Å²) in [6, 6.07) is 10.4. The molecule has 1 heterocycles. The standard InChI is InChI=1S/C15H16ClNO3/c1-10-3-8-14(20-10)11(2)17-15(18)9-19-13-6-4-12(16)5-7-13/h3-8,11H,9H2,1-2H3,(H,17,18). The zero-order valence-corrected chi connectivity index (χ0v) is 12.1. The maximum absolute atomic E-state index is 11.8. The molecule has 4 nitrogen and oxygen atoms in total. The van der Waals surface area contributed by atoms with Crippen LogP contribution in [0.3, 0.4) is 0 Å². The summed E-state index contributed by atoms with van der Waals surface area (Å²) in [6.45, 7) is 3.67. The van der Waals surface area contributed by atoms with Gasteiger partial charge in [-0.15, -0.1) is 0 Å². The maximum atomic E-state index is 11.8. The molecule has 0 fully saturated rings. The number of halogens is 1. The minimum absolute atomic E-state index is 0.0499. The van der Waals surface area contributed by atoms with Crippen LogP contribution in [0, 0.1) is 6.92 Å². The molecule has 1 amide bonds. The number of carbonyl (C=O) groups is 1. The quantitative estimate of drug-likeness (QED) is 0.918. The molecule has 0 spiro atoms. The Morgan fingerprint density at radius 3 is 2.60 bits per heavy atom. The Hall–Kier alpha value is -1.94. The Morgan fingerprint density at radius 1 is 1.30 bits per heavy atom. The normalized spacial score (nSPS) is 11.9. The van der Waals surface area contributed by atoms with E-state index in [-0.39, 0.29) is 18.6 Å². The molecule has 0 aliphatic rings. The topological polar surface area (TPSA) is 51.5 Å². The zero-order valence-electron chi connectivity index (χ0n) is 11.4. The highest BCUT2D eigenvalue weighted by Gasteiger charge is 2.13. The highest BCUT2D eigenvalue weighted by molar-refractivity contribution is 6.30. The van der Waals surface area contributed by atoms with E-state index < -0.39 is 0 Å². The van der Waals surface area contributed by atoms with Gasteiger partial charge in [-0.25, -0.2) is 0 Å². The van der Waals surface area contributed by atoms with Crippen LogP contribution < -0.4 is 10.1 Å². The summed E-state index contributed by atoms with van der Waals surface area (Å²) < 4.78 is 10.8. The van der Waals surface area contributed by atoms with Crippen molar-refractivity contribution in [3.8, 4) is 5.75 Å². The van der Waals surface area contributed by atoms with E-state index in [0.717, 1.165) is 11.5 Å². The van der Waals surface area contributed by atoms with E-state index in [1.807, 2.05) is 26.0 Å². The molecule has 0 aliphatic heterocycles. The molecule has 2 aromatic rings. The first kappa shape index (κ1) is 14.5. The van der Waals surface area contributed by atoms with Gasteiger partial charge >= 0.3 is 0 Å². The van der Waals surface area contributed by atoms with Gasteiger partial charge in [-0.2, -0.15) is 0 Å². The first-order valence-corrected chi connectivity index (χ1v) is 6.66. The first-order valence-electron chi connectivity index (χ1n) is 6.28. The Bertz CT molecular complexity index is 577. The molecule has 0 aliphatic carbocycles. The van der Waals surface area contributed by atoms with Gasteiger partial charge in [0.1, 0.15) is 17.3 Å². The van der Waals surface area contributed by atoms with Crippen molar-refractivity contribution in [2.75, 3.05) is 6.61 Å². The minimum atomic E-state index is -0.207. The summed E-state index contributed by atoms with van der Waals surface area (Å²) in [5, 5.41) is 3.44. The average Bonchev–Trinajstić information content (AvgIpc) is 2.85. The van der Waals surface area contributed by atoms with Gasteiger partial charge < -0.3 is 14.5 Å². The lowest BCUT2D eigenvalue weighted by atomic mass is 10.2. The monoisotopic (exact) mass is 293 g/mol. The lowest BCUT2D eigenvalue weighted by Crippen LogP contribution is -2.31. The van der Waals surface area contributed by atoms with Crippen molar-refractivity contribution in [1.29, 1.82) is 0 Å². The predicted molar refractivity (Wildman–Crippen MR) is 76.9 cm³/mol. The van der Waals surface area contributed by atoms with Gasteiger partial charge in [0, 0.05) is 5.02 Å². The van der Waals surface area contributed by atoms with Gasteiger partial charge in [0.15, 0.2) is 6.61 Å². The minimum Gasteiger partial charge on any atom is -0.484 e. The van der Waals surface area contributed by atoms with Crippen molar-refractivity contribution in [2.45, 2.75) is 19.9 Å². The summed E-state index contributed by atoms with van der Waals surface area (Å²) in [4.78, 5) is 11.8. The predicted octanol–water partition coefficient (Wildman–Crippen LogP) is 3.50. The number of aryl methyl sites for hydroxylation is 1. The molecule has 106 valence electrons. The summed E-state index contributed by atoms with van der Waals surface area (Å²) >= 11 is 5.77. The highest BCUT2D eigenvalue weighted by Crippen LogP contribution is 2.16. The van der Waals surface area contributed by atoms with Crippen LogP contribution in [0.1, 0.15) is 24.5 Å². The molecule has 0 bridgehead atoms. The lowest BCUT2D eigenvalue weighted by molar-refractivity contribution is -0.123. The molecule has 5 heteroatoms. The molecule has 0 saturated heterocycles. The highest BCUT2D eigenvalue weighted by atomic mass is 35.5. The molecule has 2 rings (SSSR count). The summed E-state index contributed by atoms with van der Waals surface area (Å²) in [7, 11) is 0. The first-order chi connectivity index (χ1) is 9.54. The Balaban J connectivity index is 1.82. The van der Waals surface area contributed by atoms with Crippen molar-refractivity contribution >= 4 is 17.5 Å². The smallest absolute Gasteiger partial charge is 0.258 e. The fourth-order valence-corrected chi connectivity index (χ4v) is 1.85. The number of hydrogen-bond acceptors (Lipinski definition) is 3. The van der Waals surface area contributed by atoms with Crippen LogP contribution in [0.25, 0.3) is 0 Å². The fourth-order valence-electron chi connectivity index (χ4n) is 1.72. The second-order valence-corrected chi connectivity index (χ2v) is 4.92. The molecule has 20 heavy (non-hydrogen) atoms. The number of carbonyl (C=O) groups excluding carboxylic acids is 1. The van der Waals surface area contributed by atoms with E-state index in [1.54, 1.807) is 24.3 Å². The Morgan fingerprint density at radius 2 is 2.00 bits per heavy atom. The van der Waals surface area contributed by atoms with E-state index in [1.165, 1.54) is 0 Å². The molecular formula is C15H16ClNO3. The largest absolute Gasteiger partial charge is 0.484 e. The third kappa shape index (κ3) is 4.03. The van der Waals surface area contributed by atoms with Gasteiger partial charge in [-0.3, -0.25) is 4.79 Å². The van der Waals surface area contributed by atoms with Crippen LogP contribution >= 0.6 is 11.6 Å². The van der Waals surface area contributed by atoms with Gasteiger partial charge in [-0.05, 0) is 50.2 Å². The van der Waals surface area contributed by atoms with Gasteiger partial charge in [0.05, 0.1) is 6.04 Å². The summed E-state index contributed by atoms with van der Waals surface area (Å²) in [5.41, 5.74) is 0. The SMILES string of the molecule is Cc1ccc(C(C)NC(=O)COc2ccc(Cl)cc2)o1. The van der Waals surface area contributed by atoms with Gasteiger partial charge in [0.2, 0.25) is 0 Å². The summed E-state index contributed by atoms with van der Waals surface area (Å²) in [5.74, 6) is 1.94. The molecule has 0 radical (unpaired) electrons. The number of amides is 1. The van der Waals surface area contributed by atoms with Gasteiger partial charge in [0.25, 0.3) is 5.91 Å². The van der Waals surface area contributed by atoms with E-state index in [9.17, 15) is 4.79 Å². The van der Waals surface area contributed by atoms with Crippen molar-refractivity contribution < 1.29 is 13.9 Å². The van der Waals surface area contributed by atoms with Crippen LogP contribution in [0.2, 0.25) is 5.02 Å². The van der Waals surface area contributed by atoms with E-state index in [4.69, 9.17) is 20.8 Å². The number of ether oxygens (including phenoxy) is 1. The molecule has 1 N–H and O–H groups in total. The number of nitrogens with one attached hydrogen (secondary N) is 1. The van der Waals surface area contributed by atoms with E-state index in [0.29, 0.717) is 10.8 Å². The van der Waals surface area contributed by atoms with Crippen molar-refractivity contribution in [1.82, 2.24) is 5.32 Å². The summed E-state index contributed by atoms with van der Waals surface area (Å²) in [6.07, 6.45) is 0. The van der Waals surface area contributed by atoms with E-state index >= 15 is 0 Å². The van der Waals surface area contributed by atoms with Crippen molar-refractivity contribution in [3.05, 3.63) is 52.9 Å². The molecule has 1 aromatic carbocycles. The number of hydrogen-bond donors (Lipinski definition) is 1. The molecule has 0 saturated carbocycles. The third-order valence-corrected chi connectivity index (χ3v) is 3.00. The number of benzene rings is 1. The second kappa shape index (κ2) is 6.48. The van der Waals surface area contributed by atoms with Crippen LogP contribution in [-0.2, 0) is 4.79 Å².